The molecule has 0 fully saturated rings. The summed E-state index contributed by atoms with van der Waals surface area (Å²) in [5.41, 5.74) is 2.61. The predicted octanol–water partition coefficient (Wildman–Crippen LogP) is 5.51. The Labute approximate surface area is 193 Å². The average Bonchev–Trinajstić information content (AvgIpc) is 3.25. The number of thiocarbonyl (C=S) groups is 1. The van der Waals surface area contributed by atoms with E-state index >= 15 is 0 Å². The van der Waals surface area contributed by atoms with E-state index in [9.17, 15) is 4.79 Å². The van der Waals surface area contributed by atoms with E-state index in [-0.39, 0.29) is 17.4 Å². The second-order valence-electron chi connectivity index (χ2n) is 6.57. The van der Waals surface area contributed by atoms with Crippen LogP contribution in [-0.4, -0.2) is 23.1 Å². The molecular weight excluding hydrogens is 446 g/mol. The first-order valence-electron chi connectivity index (χ1n) is 9.45. The molecule has 2 aromatic carbocycles. The zero-order valence-corrected chi connectivity index (χ0v) is 19.1. The summed E-state index contributed by atoms with van der Waals surface area (Å²) in [5, 5.41) is 8.04. The van der Waals surface area contributed by atoms with Crippen LogP contribution in [0.2, 0.25) is 0 Å². The van der Waals surface area contributed by atoms with Crippen molar-refractivity contribution < 1.29 is 9.53 Å². The van der Waals surface area contributed by atoms with Gasteiger partial charge in [-0.3, -0.25) is 9.78 Å². The first kappa shape index (κ1) is 21.3. The Morgan fingerprint density at radius 1 is 1.16 bits per heavy atom. The lowest BCUT2D eigenvalue weighted by atomic mass is 10.1. The Morgan fingerprint density at radius 3 is 2.81 bits per heavy atom. The molecule has 2 heterocycles. The van der Waals surface area contributed by atoms with E-state index in [4.69, 9.17) is 17.0 Å². The van der Waals surface area contributed by atoms with Crippen molar-refractivity contribution in [1.29, 1.82) is 0 Å². The summed E-state index contributed by atoms with van der Waals surface area (Å²) in [4.78, 5) is 18.8. The quantitative estimate of drug-likeness (QED) is 0.366. The van der Waals surface area contributed by atoms with Crippen LogP contribution in [0.5, 0.6) is 5.75 Å². The van der Waals surface area contributed by atoms with E-state index in [1.807, 2.05) is 72.2 Å². The fourth-order valence-electron chi connectivity index (χ4n) is 3.00. The van der Waals surface area contributed by atoms with Crippen molar-refractivity contribution in [1.82, 2.24) is 10.3 Å². The maximum Gasteiger partial charge on any atom is 0.230 e. The maximum atomic E-state index is 12.2. The molecule has 4 aromatic rings. The number of nitrogens with zero attached hydrogens (tertiary/aromatic N) is 1. The molecule has 0 aliphatic carbocycles. The molecule has 4 rings (SSSR count). The van der Waals surface area contributed by atoms with Gasteiger partial charge in [-0.05, 0) is 53.5 Å². The minimum Gasteiger partial charge on any atom is -0.495 e. The molecule has 0 spiro atoms. The van der Waals surface area contributed by atoms with Crippen molar-refractivity contribution in [3.8, 4) is 5.75 Å². The van der Waals surface area contributed by atoms with Gasteiger partial charge in [0.25, 0.3) is 0 Å². The van der Waals surface area contributed by atoms with Crippen molar-refractivity contribution in [3.05, 3.63) is 77.8 Å². The largest absolute Gasteiger partial charge is 0.495 e. The fraction of sp³-hybridized carbons (Fsp3) is 0.0870. The topological polar surface area (TPSA) is 63.2 Å². The van der Waals surface area contributed by atoms with E-state index in [1.165, 1.54) is 0 Å². The molecule has 31 heavy (non-hydrogen) atoms. The number of hydrogen-bond donors (Lipinski definition) is 2. The third kappa shape index (κ3) is 5.41. The van der Waals surface area contributed by atoms with Crippen molar-refractivity contribution in [2.24, 2.45) is 0 Å². The summed E-state index contributed by atoms with van der Waals surface area (Å²) < 4.78 is 6.70. The standard InChI is InChI=1S/C23H19N3O2S3/c1-28-19-14-16(31-20-9-11-24-18-10-12-30-22(18)20)7-8-17(19)25-23(29)26-21(27)13-15-5-3-2-4-6-15/h2-12,14H,13H2,1H3,(H2,25,26,27,29). The molecule has 0 saturated heterocycles. The Hall–Kier alpha value is -2.94. The summed E-state index contributed by atoms with van der Waals surface area (Å²) in [5.74, 6) is 0.466. The van der Waals surface area contributed by atoms with Crippen LogP contribution in [0.3, 0.4) is 0 Å². The molecule has 8 heteroatoms. The third-order valence-electron chi connectivity index (χ3n) is 4.42. The van der Waals surface area contributed by atoms with Crippen LogP contribution in [0.4, 0.5) is 5.69 Å². The number of benzene rings is 2. The number of nitrogens with one attached hydrogen (secondary N) is 2. The smallest absolute Gasteiger partial charge is 0.230 e. The normalized spacial score (nSPS) is 10.6. The maximum absolute atomic E-state index is 12.2. The summed E-state index contributed by atoms with van der Waals surface area (Å²) in [6.07, 6.45) is 2.08. The van der Waals surface area contributed by atoms with Crippen molar-refractivity contribution in [2.75, 3.05) is 12.4 Å². The minimum atomic E-state index is -0.174. The Kier molecular flexibility index (Phi) is 6.81. The van der Waals surface area contributed by atoms with Gasteiger partial charge in [0.1, 0.15) is 5.75 Å². The van der Waals surface area contributed by atoms with Gasteiger partial charge in [-0.1, -0.05) is 42.1 Å². The molecule has 0 atom stereocenters. The van der Waals surface area contributed by atoms with Gasteiger partial charge in [-0.2, -0.15) is 0 Å². The monoisotopic (exact) mass is 465 g/mol. The van der Waals surface area contributed by atoms with Gasteiger partial charge >= 0.3 is 0 Å². The van der Waals surface area contributed by atoms with E-state index < -0.39 is 0 Å². The zero-order chi connectivity index (χ0) is 21.6. The van der Waals surface area contributed by atoms with E-state index in [1.54, 1.807) is 30.2 Å². The number of carbonyl (C=O) groups excluding carboxylic acids is 1. The number of amides is 1. The van der Waals surface area contributed by atoms with Gasteiger partial charge in [0.05, 0.1) is 29.4 Å². The second kappa shape index (κ2) is 9.91. The van der Waals surface area contributed by atoms with Crippen LogP contribution in [0.15, 0.2) is 82.0 Å². The van der Waals surface area contributed by atoms with E-state index in [0.717, 1.165) is 25.6 Å². The van der Waals surface area contributed by atoms with Gasteiger partial charge in [-0.15, -0.1) is 11.3 Å². The summed E-state index contributed by atoms with van der Waals surface area (Å²) in [6, 6.07) is 19.4. The molecule has 0 bridgehead atoms. The van der Waals surface area contributed by atoms with Crippen molar-refractivity contribution >= 4 is 62.2 Å². The zero-order valence-electron chi connectivity index (χ0n) is 16.6. The van der Waals surface area contributed by atoms with Crippen molar-refractivity contribution in [3.63, 3.8) is 0 Å². The lowest BCUT2D eigenvalue weighted by molar-refractivity contribution is -0.119. The Balaban J connectivity index is 1.42. The van der Waals surface area contributed by atoms with Gasteiger partial charge in [0, 0.05) is 16.0 Å². The number of carbonyl (C=O) groups is 1. The first-order chi connectivity index (χ1) is 15.1. The van der Waals surface area contributed by atoms with Gasteiger partial charge in [0.15, 0.2) is 5.11 Å². The number of methoxy groups -OCH3 is 1. The summed E-state index contributed by atoms with van der Waals surface area (Å²) in [7, 11) is 1.61. The SMILES string of the molecule is COc1cc(Sc2ccnc3ccsc23)ccc1NC(=S)NC(=O)Cc1ccccc1. The predicted molar refractivity (Wildman–Crippen MR) is 131 cm³/mol. The van der Waals surface area contributed by atoms with Crippen LogP contribution < -0.4 is 15.4 Å². The molecule has 2 N–H and O–H groups in total. The molecule has 0 aliphatic heterocycles. The average molecular weight is 466 g/mol. The number of thiophene rings is 1. The lowest BCUT2D eigenvalue weighted by Crippen LogP contribution is -2.35. The lowest BCUT2D eigenvalue weighted by Gasteiger charge is -2.14. The number of aromatic nitrogens is 1. The number of anilines is 1. The van der Waals surface area contributed by atoms with Crippen molar-refractivity contribution in [2.45, 2.75) is 16.2 Å². The molecule has 0 unspecified atom stereocenters. The van der Waals surface area contributed by atoms with Gasteiger partial charge in [-0.25, -0.2) is 0 Å². The first-order valence-corrected chi connectivity index (χ1v) is 11.6. The van der Waals surface area contributed by atoms with Crippen LogP contribution in [0.25, 0.3) is 10.2 Å². The van der Waals surface area contributed by atoms with E-state index in [2.05, 4.69) is 15.6 Å². The van der Waals surface area contributed by atoms with Crippen LogP contribution in [0.1, 0.15) is 5.56 Å². The highest BCUT2D eigenvalue weighted by Gasteiger charge is 2.11. The molecule has 0 aliphatic rings. The minimum absolute atomic E-state index is 0.174. The molecule has 0 radical (unpaired) electrons. The molecule has 1 amide bonds. The fourth-order valence-corrected chi connectivity index (χ4v) is 5.13. The summed E-state index contributed by atoms with van der Waals surface area (Å²) >= 11 is 8.63. The van der Waals surface area contributed by atoms with E-state index in [0.29, 0.717) is 11.4 Å². The number of hydrogen-bond acceptors (Lipinski definition) is 6. The highest BCUT2D eigenvalue weighted by atomic mass is 32.2. The second-order valence-corrected chi connectivity index (χ2v) is 9.01. The number of rotatable bonds is 6. The highest BCUT2D eigenvalue weighted by molar-refractivity contribution is 7.99. The third-order valence-corrected chi connectivity index (χ3v) is 6.74. The molecule has 5 nitrogen and oxygen atoms in total. The van der Waals surface area contributed by atoms with Gasteiger partial charge in [0.2, 0.25) is 5.91 Å². The Morgan fingerprint density at radius 2 is 2.00 bits per heavy atom. The Bertz CT molecular complexity index is 1230. The van der Waals surface area contributed by atoms with Crippen LogP contribution >= 0.6 is 35.3 Å². The number of fused-ring (bicyclic) bond motifs is 1. The highest BCUT2D eigenvalue weighted by Crippen LogP contribution is 2.38. The van der Waals surface area contributed by atoms with Crippen LogP contribution in [-0.2, 0) is 11.2 Å². The van der Waals surface area contributed by atoms with Gasteiger partial charge < -0.3 is 15.4 Å². The summed E-state index contributed by atoms with van der Waals surface area (Å²) in [6.45, 7) is 0. The molecule has 2 aromatic heterocycles. The number of pyridine rings is 1. The molecule has 156 valence electrons. The molecular formula is C23H19N3O2S3. The van der Waals surface area contributed by atoms with Crippen LogP contribution in [0, 0.1) is 0 Å². The molecule has 0 saturated carbocycles. The number of ether oxygens (including phenoxy) is 1.